The zero-order chi connectivity index (χ0) is 16.6. The molecule has 0 aromatic carbocycles. The standard InChI is InChI=1S/C15H28O7/c1-13(2)21-11-9-19-7-8-20-10-12-22-15(18)6-4-3-5-14(16)17/h13H,3-12H2,1-2H3,(H,16,17). The predicted octanol–water partition coefficient (Wildman–Crippen LogP) is 1.63. The van der Waals surface area contributed by atoms with E-state index in [1.165, 1.54) is 0 Å². The van der Waals surface area contributed by atoms with E-state index in [9.17, 15) is 9.59 Å². The van der Waals surface area contributed by atoms with Crippen LogP contribution in [0.25, 0.3) is 0 Å². The molecule has 7 heteroatoms. The first-order chi connectivity index (χ1) is 10.5. The number of unbranched alkanes of at least 4 members (excludes halogenated alkanes) is 1. The molecule has 130 valence electrons. The van der Waals surface area contributed by atoms with Crippen molar-refractivity contribution < 1.29 is 33.6 Å². The van der Waals surface area contributed by atoms with E-state index < -0.39 is 5.97 Å². The number of hydrogen-bond acceptors (Lipinski definition) is 6. The van der Waals surface area contributed by atoms with Crippen molar-refractivity contribution in [3.63, 3.8) is 0 Å². The number of aliphatic carboxylic acids is 1. The van der Waals surface area contributed by atoms with Gasteiger partial charge in [-0.2, -0.15) is 0 Å². The molecular weight excluding hydrogens is 292 g/mol. The minimum Gasteiger partial charge on any atom is -0.481 e. The van der Waals surface area contributed by atoms with Crippen LogP contribution in [-0.4, -0.2) is 62.8 Å². The maximum Gasteiger partial charge on any atom is 0.305 e. The van der Waals surface area contributed by atoms with Crippen molar-refractivity contribution >= 4 is 11.9 Å². The SMILES string of the molecule is CC(C)OCCOCCOCCOC(=O)CCCCC(=O)O. The highest BCUT2D eigenvalue weighted by atomic mass is 16.6. The summed E-state index contributed by atoms with van der Waals surface area (Å²) in [6, 6.07) is 0. The van der Waals surface area contributed by atoms with Gasteiger partial charge in [0.2, 0.25) is 0 Å². The van der Waals surface area contributed by atoms with Gasteiger partial charge in [-0.25, -0.2) is 0 Å². The van der Waals surface area contributed by atoms with Gasteiger partial charge < -0.3 is 24.1 Å². The van der Waals surface area contributed by atoms with E-state index in [4.69, 9.17) is 24.1 Å². The van der Waals surface area contributed by atoms with Gasteiger partial charge in [0.15, 0.2) is 0 Å². The minimum absolute atomic E-state index is 0.0819. The molecule has 0 bridgehead atoms. The van der Waals surface area contributed by atoms with E-state index in [0.29, 0.717) is 45.9 Å². The topological polar surface area (TPSA) is 91.3 Å². The Kier molecular flexibility index (Phi) is 14.0. The van der Waals surface area contributed by atoms with Crippen LogP contribution in [0.2, 0.25) is 0 Å². The molecule has 0 aliphatic heterocycles. The fourth-order valence-corrected chi connectivity index (χ4v) is 1.50. The summed E-state index contributed by atoms with van der Waals surface area (Å²) in [5.74, 6) is -1.17. The van der Waals surface area contributed by atoms with E-state index >= 15 is 0 Å². The van der Waals surface area contributed by atoms with E-state index in [-0.39, 0.29) is 31.5 Å². The Hall–Kier alpha value is -1.18. The zero-order valence-corrected chi connectivity index (χ0v) is 13.5. The van der Waals surface area contributed by atoms with Crippen LogP contribution in [0, 0.1) is 0 Å². The van der Waals surface area contributed by atoms with Crippen molar-refractivity contribution in [3.8, 4) is 0 Å². The fourth-order valence-electron chi connectivity index (χ4n) is 1.50. The molecule has 0 saturated heterocycles. The van der Waals surface area contributed by atoms with Crippen LogP contribution in [0.3, 0.4) is 0 Å². The Morgan fingerprint density at radius 1 is 0.864 bits per heavy atom. The normalized spacial score (nSPS) is 10.9. The van der Waals surface area contributed by atoms with E-state index in [2.05, 4.69) is 0 Å². The zero-order valence-electron chi connectivity index (χ0n) is 13.5. The van der Waals surface area contributed by atoms with Crippen LogP contribution in [0.4, 0.5) is 0 Å². The molecule has 7 nitrogen and oxygen atoms in total. The Labute approximate surface area is 131 Å². The summed E-state index contributed by atoms with van der Waals surface area (Å²) < 4.78 is 20.8. The van der Waals surface area contributed by atoms with Gasteiger partial charge in [0.05, 0.1) is 39.1 Å². The Morgan fingerprint density at radius 2 is 1.41 bits per heavy atom. The maximum absolute atomic E-state index is 11.3. The second-order valence-corrected chi connectivity index (χ2v) is 4.97. The van der Waals surface area contributed by atoms with Crippen LogP contribution >= 0.6 is 0 Å². The summed E-state index contributed by atoms with van der Waals surface area (Å²) in [5.41, 5.74) is 0. The molecular formula is C15H28O7. The van der Waals surface area contributed by atoms with Crippen LogP contribution in [0.1, 0.15) is 39.5 Å². The molecule has 0 heterocycles. The molecule has 0 unspecified atom stereocenters. The molecule has 0 radical (unpaired) electrons. The number of carbonyl (C=O) groups excluding carboxylic acids is 1. The van der Waals surface area contributed by atoms with E-state index in [0.717, 1.165) is 0 Å². The first-order valence-corrected chi connectivity index (χ1v) is 7.67. The van der Waals surface area contributed by atoms with Gasteiger partial charge in [-0.05, 0) is 26.7 Å². The molecule has 0 aliphatic rings. The van der Waals surface area contributed by atoms with Crippen LogP contribution in [0.5, 0.6) is 0 Å². The highest BCUT2D eigenvalue weighted by Crippen LogP contribution is 2.01. The largest absolute Gasteiger partial charge is 0.481 e. The third-order valence-electron chi connectivity index (χ3n) is 2.56. The van der Waals surface area contributed by atoms with Crippen molar-refractivity contribution in [2.24, 2.45) is 0 Å². The molecule has 22 heavy (non-hydrogen) atoms. The smallest absolute Gasteiger partial charge is 0.305 e. The summed E-state index contributed by atoms with van der Waals surface area (Å²) in [7, 11) is 0. The molecule has 0 fully saturated rings. The van der Waals surface area contributed by atoms with Crippen molar-refractivity contribution in [1.29, 1.82) is 0 Å². The lowest BCUT2D eigenvalue weighted by Gasteiger charge is -2.08. The third kappa shape index (κ3) is 16.9. The Balaban J connectivity index is 3.18. The average molecular weight is 320 g/mol. The number of carboxylic acid groups (broad SMARTS) is 1. The van der Waals surface area contributed by atoms with E-state index in [1.54, 1.807) is 0 Å². The highest BCUT2D eigenvalue weighted by Gasteiger charge is 2.04. The van der Waals surface area contributed by atoms with Crippen molar-refractivity contribution in [3.05, 3.63) is 0 Å². The van der Waals surface area contributed by atoms with Crippen LogP contribution < -0.4 is 0 Å². The van der Waals surface area contributed by atoms with Gasteiger partial charge in [-0.1, -0.05) is 0 Å². The fraction of sp³-hybridized carbons (Fsp3) is 0.867. The van der Waals surface area contributed by atoms with Gasteiger partial charge in [0.25, 0.3) is 0 Å². The number of rotatable bonds is 15. The number of esters is 1. The quantitative estimate of drug-likeness (QED) is 0.362. The summed E-state index contributed by atoms with van der Waals surface area (Å²) in [6.45, 7) is 6.49. The van der Waals surface area contributed by atoms with Gasteiger partial charge in [-0.15, -0.1) is 0 Å². The summed E-state index contributed by atoms with van der Waals surface area (Å²) in [4.78, 5) is 21.6. The van der Waals surface area contributed by atoms with Crippen LogP contribution in [-0.2, 0) is 28.5 Å². The average Bonchev–Trinajstić information content (AvgIpc) is 2.45. The predicted molar refractivity (Wildman–Crippen MR) is 79.8 cm³/mol. The molecule has 0 spiro atoms. The first-order valence-electron chi connectivity index (χ1n) is 7.67. The lowest BCUT2D eigenvalue weighted by molar-refractivity contribution is -0.146. The molecule has 0 atom stereocenters. The Morgan fingerprint density at radius 3 is 2.00 bits per heavy atom. The molecule has 0 aliphatic carbocycles. The number of carbonyl (C=O) groups is 2. The Bertz CT molecular complexity index is 292. The lowest BCUT2D eigenvalue weighted by atomic mass is 10.2. The second kappa shape index (κ2) is 14.7. The number of ether oxygens (including phenoxy) is 4. The molecule has 0 saturated carbocycles. The van der Waals surface area contributed by atoms with Crippen LogP contribution in [0.15, 0.2) is 0 Å². The molecule has 0 amide bonds. The number of hydrogen-bond donors (Lipinski definition) is 1. The molecule has 0 aromatic rings. The van der Waals surface area contributed by atoms with Crippen molar-refractivity contribution in [2.75, 3.05) is 39.6 Å². The first kappa shape index (κ1) is 20.8. The number of carboxylic acids is 1. The maximum atomic E-state index is 11.3. The van der Waals surface area contributed by atoms with Gasteiger partial charge in [0.1, 0.15) is 6.61 Å². The summed E-state index contributed by atoms with van der Waals surface area (Å²) >= 11 is 0. The minimum atomic E-state index is -0.847. The van der Waals surface area contributed by atoms with Crippen molar-refractivity contribution in [2.45, 2.75) is 45.6 Å². The van der Waals surface area contributed by atoms with Gasteiger partial charge in [-0.3, -0.25) is 9.59 Å². The molecule has 0 rings (SSSR count). The van der Waals surface area contributed by atoms with Crippen molar-refractivity contribution in [1.82, 2.24) is 0 Å². The summed E-state index contributed by atoms with van der Waals surface area (Å²) in [5, 5.41) is 8.44. The van der Waals surface area contributed by atoms with E-state index in [1.807, 2.05) is 13.8 Å². The summed E-state index contributed by atoms with van der Waals surface area (Å²) in [6.07, 6.45) is 1.54. The van der Waals surface area contributed by atoms with Gasteiger partial charge >= 0.3 is 11.9 Å². The third-order valence-corrected chi connectivity index (χ3v) is 2.56. The highest BCUT2D eigenvalue weighted by molar-refractivity contribution is 5.69. The molecule has 0 aromatic heterocycles. The second-order valence-electron chi connectivity index (χ2n) is 4.97. The van der Waals surface area contributed by atoms with Gasteiger partial charge in [0, 0.05) is 12.8 Å². The molecule has 1 N–H and O–H groups in total. The monoisotopic (exact) mass is 320 g/mol. The lowest BCUT2D eigenvalue weighted by Crippen LogP contribution is -2.14.